The summed E-state index contributed by atoms with van der Waals surface area (Å²) in [5, 5.41) is 11.4. The molecule has 5 rings (SSSR count). The van der Waals surface area contributed by atoms with Gasteiger partial charge < -0.3 is 16.0 Å². The van der Waals surface area contributed by atoms with E-state index in [1.807, 2.05) is 0 Å². The Bertz CT molecular complexity index is 501. The first-order valence-corrected chi connectivity index (χ1v) is 10.6. The van der Waals surface area contributed by atoms with Gasteiger partial charge >= 0.3 is 0 Å². The third kappa shape index (κ3) is 2.30. The molecule has 0 aromatic rings. The van der Waals surface area contributed by atoms with Crippen LogP contribution in [0.1, 0.15) is 38.5 Å². The van der Waals surface area contributed by atoms with E-state index >= 15 is 0 Å². The van der Waals surface area contributed by atoms with Gasteiger partial charge in [-0.1, -0.05) is 15.9 Å². The summed E-state index contributed by atoms with van der Waals surface area (Å²) in [6.07, 6.45) is 7.26. The maximum Gasteiger partial charge on any atom is 0.154 e. The smallest absolute Gasteiger partial charge is 0.154 e. The normalized spacial score (nSPS) is 55.5. The first-order chi connectivity index (χ1) is 11.2. The molecule has 3 saturated heterocycles. The Labute approximate surface area is 147 Å². The van der Waals surface area contributed by atoms with Gasteiger partial charge in [-0.05, 0) is 63.5 Å². The summed E-state index contributed by atoms with van der Waals surface area (Å²) < 4.78 is 0. The van der Waals surface area contributed by atoms with Crippen LogP contribution in [0, 0.1) is 23.7 Å². The highest BCUT2D eigenvalue weighted by Gasteiger charge is 2.58. The fraction of sp³-hybridized carbons (Fsp3) is 0.944. The van der Waals surface area contributed by atoms with Crippen molar-refractivity contribution < 1.29 is 4.79 Å². The number of ketones is 1. The van der Waals surface area contributed by atoms with Crippen LogP contribution >= 0.6 is 15.9 Å². The van der Waals surface area contributed by atoms with Crippen molar-refractivity contribution in [3.8, 4) is 0 Å². The van der Waals surface area contributed by atoms with Crippen molar-refractivity contribution in [3.63, 3.8) is 0 Å². The molecule has 5 aliphatic rings. The summed E-state index contributed by atoms with van der Waals surface area (Å²) in [7, 11) is 0. The van der Waals surface area contributed by atoms with Crippen molar-refractivity contribution >= 4 is 21.7 Å². The van der Waals surface area contributed by atoms with Crippen molar-refractivity contribution in [2.24, 2.45) is 23.7 Å². The number of hydrogen-bond acceptors (Lipinski definition) is 4. The minimum Gasteiger partial charge on any atom is -0.312 e. The number of alkyl halides is 1. The highest BCUT2D eigenvalue weighted by molar-refractivity contribution is 9.09. The minimum absolute atomic E-state index is 0.118. The minimum atomic E-state index is 0.118. The molecule has 0 amide bonds. The fourth-order valence-corrected chi connectivity index (χ4v) is 7.31. The van der Waals surface area contributed by atoms with E-state index in [9.17, 15) is 4.79 Å². The van der Waals surface area contributed by atoms with Crippen molar-refractivity contribution in [1.29, 1.82) is 0 Å². The van der Waals surface area contributed by atoms with Crippen LogP contribution in [0.15, 0.2) is 0 Å². The lowest BCUT2D eigenvalue weighted by molar-refractivity contribution is -0.141. The number of nitrogens with one attached hydrogen (secondary N) is 3. The second-order valence-corrected chi connectivity index (χ2v) is 9.76. The number of Topliss-reactive ketones (excluding diaryl/α,β-unsaturated/α-hetero) is 1. The van der Waals surface area contributed by atoms with Crippen LogP contribution in [-0.2, 0) is 4.79 Å². The van der Waals surface area contributed by atoms with Crippen LogP contribution in [-0.4, -0.2) is 47.9 Å². The monoisotopic (exact) mass is 381 g/mol. The first-order valence-electron chi connectivity index (χ1n) is 9.64. The van der Waals surface area contributed by atoms with E-state index in [1.54, 1.807) is 0 Å². The molecule has 23 heavy (non-hydrogen) atoms. The Kier molecular flexibility index (Phi) is 3.85. The fourth-order valence-electron chi connectivity index (χ4n) is 6.62. The Morgan fingerprint density at radius 3 is 2.74 bits per heavy atom. The topological polar surface area (TPSA) is 53.2 Å². The van der Waals surface area contributed by atoms with Crippen molar-refractivity contribution in [2.75, 3.05) is 13.1 Å². The zero-order valence-corrected chi connectivity index (χ0v) is 15.2. The number of hydrogen-bond donors (Lipinski definition) is 3. The second-order valence-electron chi connectivity index (χ2n) is 8.47. The van der Waals surface area contributed by atoms with Gasteiger partial charge in [-0.2, -0.15) is 0 Å². The molecule has 9 unspecified atom stereocenters. The third-order valence-corrected chi connectivity index (χ3v) is 8.33. The van der Waals surface area contributed by atoms with E-state index in [2.05, 4.69) is 31.9 Å². The highest BCUT2D eigenvalue weighted by Crippen LogP contribution is 2.49. The zero-order chi connectivity index (χ0) is 15.6. The lowest BCUT2D eigenvalue weighted by Gasteiger charge is -2.60. The van der Waals surface area contributed by atoms with Gasteiger partial charge in [0.05, 0.1) is 6.04 Å². The average Bonchev–Trinajstić information content (AvgIpc) is 2.59. The first kappa shape index (κ1) is 15.3. The molecule has 0 aromatic carbocycles. The summed E-state index contributed by atoms with van der Waals surface area (Å²) in [5.41, 5.74) is 0. The Morgan fingerprint density at radius 1 is 0.957 bits per heavy atom. The van der Waals surface area contributed by atoms with Gasteiger partial charge in [-0.3, -0.25) is 4.79 Å². The van der Waals surface area contributed by atoms with Crippen molar-refractivity contribution in [1.82, 2.24) is 16.0 Å². The molecule has 3 aliphatic heterocycles. The van der Waals surface area contributed by atoms with E-state index in [4.69, 9.17) is 0 Å². The Balaban J connectivity index is 1.50. The maximum atomic E-state index is 13.2. The van der Waals surface area contributed by atoms with Crippen LogP contribution in [0.2, 0.25) is 0 Å². The quantitative estimate of drug-likeness (QED) is 0.555. The molecule has 3 N–H and O–H groups in total. The van der Waals surface area contributed by atoms with Gasteiger partial charge in [0.2, 0.25) is 0 Å². The van der Waals surface area contributed by atoms with Crippen LogP contribution in [0.3, 0.4) is 0 Å². The predicted molar refractivity (Wildman–Crippen MR) is 93.7 cm³/mol. The highest BCUT2D eigenvalue weighted by atomic mass is 79.9. The molecule has 5 fully saturated rings. The molecule has 0 bridgehead atoms. The number of halogens is 1. The summed E-state index contributed by atoms with van der Waals surface area (Å²) in [5.74, 6) is 2.75. The molecule has 3 heterocycles. The molecule has 5 heteroatoms. The van der Waals surface area contributed by atoms with Crippen molar-refractivity contribution in [2.45, 2.75) is 67.5 Å². The molecule has 0 spiro atoms. The van der Waals surface area contributed by atoms with E-state index in [0.717, 1.165) is 37.8 Å². The van der Waals surface area contributed by atoms with Crippen LogP contribution in [0.5, 0.6) is 0 Å². The van der Waals surface area contributed by atoms with Gasteiger partial charge in [0.1, 0.15) is 0 Å². The van der Waals surface area contributed by atoms with E-state index in [0.29, 0.717) is 34.7 Å². The number of piperidine rings is 3. The standard InChI is InChI=1S/C18H28BrN3O/c19-9-3-4-13-12(8-9)10-5-7-21-16-14(10)17(22-13)18(23)11-2-1-6-20-15(11)16/h9-17,20-22H,1-8H2. The molecule has 9 atom stereocenters. The average molecular weight is 382 g/mol. The van der Waals surface area contributed by atoms with E-state index in [1.165, 1.54) is 25.7 Å². The van der Waals surface area contributed by atoms with Gasteiger partial charge in [-0.15, -0.1) is 0 Å². The summed E-state index contributed by atoms with van der Waals surface area (Å²) in [4.78, 5) is 13.9. The number of rotatable bonds is 0. The van der Waals surface area contributed by atoms with E-state index < -0.39 is 0 Å². The number of carbonyl (C=O) groups excluding carboxylic acids is 1. The lowest BCUT2D eigenvalue weighted by atomic mass is 9.55. The molecular formula is C18H28BrN3O. The summed E-state index contributed by atoms with van der Waals surface area (Å²) >= 11 is 3.87. The molecule has 4 nitrogen and oxygen atoms in total. The summed E-state index contributed by atoms with van der Waals surface area (Å²) in [6, 6.07) is 1.56. The molecule has 128 valence electrons. The van der Waals surface area contributed by atoms with Gasteiger partial charge in [0, 0.05) is 34.8 Å². The maximum absolute atomic E-state index is 13.2. The Morgan fingerprint density at radius 2 is 1.83 bits per heavy atom. The molecular weight excluding hydrogens is 354 g/mol. The SMILES string of the molecule is O=C1C2CCCNC2C2NCCC3C4CC(Br)CCC4NC1C32. The zero-order valence-electron chi connectivity index (χ0n) is 13.6. The van der Waals surface area contributed by atoms with Gasteiger partial charge in [-0.25, -0.2) is 0 Å². The largest absolute Gasteiger partial charge is 0.312 e. The van der Waals surface area contributed by atoms with Crippen LogP contribution < -0.4 is 16.0 Å². The van der Waals surface area contributed by atoms with Crippen LogP contribution in [0.25, 0.3) is 0 Å². The molecule has 0 radical (unpaired) electrons. The van der Waals surface area contributed by atoms with Gasteiger partial charge in [0.15, 0.2) is 5.78 Å². The van der Waals surface area contributed by atoms with E-state index in [-0.39, 0.29) is 12.0 Å². The molecule has 0 aromatic heterocycles. The van der Waals surface area contributed by atoms with Gasteiger partial charge in [0.25, 0.3) is 0 Å². The van der Waals surface area contributed by atoms with Crippen LogP contribution in [0.4, 0.5) is 0 Å². The lowest BCUT2D eigenvalue weighted by Crippen LogP contribution is -2.76. The third-order valence-electron chi connectivity index (χ3n) is 7.50. The summed E-state index contributed by atoms with van der Waals surface area (Å²) in [6.45, 7) is 2.21. The second kappa shape index (κ2) is 5.79. The number of carbonyl (C=O) groups is 1. The predicted octanol–water partition coefficient (Wildman–Crippen LogP) is 1.44. The molecule has 2 saturated carbocycles. The van der Waals surface area contributed by atoms with Crippen molar-refractivity contribution in [3.05, 3.63) is 0 Å². The number of fused-ring (bicyclic) bond motifs is 4. The Hall–Kier alpha value is 0.0300. The molecule has 2 aliphatic carbocycles.